The van der Waals surface area contributed by atoms with Crippen LogP contribution in [-0.4, -0.2) is 18.6 Å². The van der Waals surface area contributed by atoms with Gasteiger partial charge in [-0.3, -0.25) is 0 Å². The first kappa shape index (κ1) is 9.75. The summed E-state index contributed by atoms with van der Waals surface area (Å²) in [4.78, 5) is 0. The van der Waals surface area contributed by atoms with E-state index in [9.17, 15) is 0 Å². The molecule has 0 aromatic carbocycles. The molecule has 1 aliphatic rings. The first-order valence-electron chi connectivity index (χ1n) is 4.81. The summed E-state index contributed by atoms with van der Waals surface area (Å²) in [6.07, 6.45) is 5.81. The molecule has 2 atom stereocenters. The topological polar surface area (TPSA) is 38.0 Å². The number of nitrogens with one attached hydrogen (secondary N) is 1. The van der Waals surface area contributed by atoms with Gasteiger partial charge in [0.25, 0.3) is 0 Å². The predicted octanol–water partition coefficient (Wildman–Crippen LogP) is 1.42. The summed E-state index contributed by atoms with van der Waals surface area (Å²) < 4.78 is 0. The Bertz CT molecular complexity index is 159. The van der Waals surface area contributed by atoms with Gasteiger partial charge in [0.05, 0.1) is 0 Å². The van der Waals surface area contributed by atoms with Gasteiger partial charge >= 0.3 is 0 Å². The molecule has 1 saturated carbocycles. The Morgan fingerprint density at radius 2 is 2.25 bits per heavy atom. The number of rotatable bonds is 3. The minimum absolute atomic E-state index is 0.439. The molecule has 12 heavy (non-hydrogen) atoms. The van der Waals surface area contributed by atoms with Crippen molar-refractivity contribution in [3.8, 4) is 0 Å². The second-order valence-corrected chi connectivity index (χ2v) is 3.96. The van der Waals surface area contributed by atoms with Gasteiger partial charge in [-0.1, -0.05) is 11.6 Å². The van der Waals surface area contributed by atoms with Crippen LogP contribution >= 0.6 is 0 Å². The zero-order valence-corrected chi connectivity index (χ0v) is 8.14. The van der Waals surface area contributed by atoms with Crippen molar-refractivity contribution < 1.29 is 0 Å². The van der Waals surface area contributed by atoms with Crippen molar-refractivity contribution in [2.24, 2.45) is 5.73 Å². The molecule has 1 aliphatic carbocycles. The van der Waals surface area contributed by atoms with E-state index in [1.54, 1.807) is 0 Å². The number of allylic oxidation sites excluding steroid dienone is 1. The fourth-order valence-corrected chi connectivity index (χ4v) is 1.63. The Hall–Kier alpha value is -0.340. The maximum Gasteiger partial charge on any atom is 0.0139 e. The summed E-state index contributed by atoms with van der Waals surface area (Å²) >= 11 is 0. The molecule has 0 aromatic heterocycles. The van der Waals surface area contributed by atoms with Crippen LogP contribution in [0.2, 0.25) is 0 Å². The first-order chi connectivity index (χ1) is 5.68. The third-order valence-corrected chi connectivity index (χ3v) is 2.39. The Balaban J connectivity index is 2.12. The molecule has 2 heteroatoms. The molecule has 3 N–H and O–H groups in total. The Morgan fingerprint density at radius 1 is 1.50 bits per heavy atom. The average molecular weight is 168 g/mol. The minimum atomic E-state index is 0.439. The van der Waals surface area contributed by atoms with Crippen LogP contribution in [-0.2, 0) is 0 Å². The lowest BCUT2D eigenvalue weighted by atomic mass is 10.2. The van der Waals surface area contributed by atoms with Crippen molar-refractivity contribution in [3.05, 3.63) is 11.6 Å². The molecule has 70 valence electrons. The normalized spacial score (nSPS) is 28.9. The van der Waals surface area contributed by atoms with Crippen LogP contribution in [0.25, 0.3) is 0 Å². The van der Waals surface area contributed by atoms with Gasteiger partial charge in [0.15, 0.2) is 0 Å². The summed E-state index contributed by atoms with van der Waals surface area (Å²) in [5, 5.41) is 3.49. The fraction of sp³-hybridized carbons (Fsp3) is 0.800. The lowest BCUT2D eigenvalue weighted by molar-refractivity contribution is 0.546. The van der Waals surface area contributed by atoms with E-state index in [0.29, 0.717) is 12.1 Å². The van der Waals surface area contributed by atoms with E-state index >= 15 is 0 Å². The Kier molecular flexibility index (Phi) is 3.76. The molecule has 2 nitrogen and oxygen atoms in total. The molecule has 0 bridgehead atoms. The van der Waals surface area contributed by atoms with Gasteiger partial charge < -0.3 is 11.1 Å². The molecule has 1 fully saturated rings. The Morgan fingerprint density at radius 3 is 2.75 bits per heavy atom. The summed E-state index contributed by atoms with van der Waals surface area (Å²) in [7, 11) is 0. The van der Waals surface area contributed by atoms with Crippen LogP contribution in [0.5, 0.6) is 0 Å². The van der Waals surface area contributed by atoms with E-state index < -0.39 is 0 Å². The third kappa shape index (κ3) is 3.37. The first-order valence-corrected chi connectivity index (χ1v) is 4.81. The zero-order chi connectivity index (χ0) is 8.97. The van der Waals surface area contributed by atoms with Crippen molar-refractivity contribution >= 4 is 0 Å². The molecule has 0 spiro atoms. The molecule has 0 aromatic rings. The SMILES string of the molecule is CC(C)=CCNC1CCC(N)C1. The van der Waals surface area contributed by atoms with Crippen LogP contribution < -0.4 is 11.1 Å². The smallest absolute Gasteiger partial charge is 0.0139 e. The summed E-state index contributed by atoms with van der Waals surface area (Å²) in [5.74, 6) is 0. The summed E-state index contributed by atoms with van der Waals surface area (Å²) in [6.45, 7) is 5.25. The van der Waals surface area contributed by atoms with E-state index in [4.69, 9.17) is 5.73 Å². The third-order valence-electron chi connectivity index (χ3n) is 2.39. The molecular formula is C10H20N2. The standard InChI is InChI=1S/C10H20N2/c1-8(2)5-6-12-10-4-3-9(11)7-10/h5,9-10,12H,3-4,6-7,11H2,1-2H3. The number of hydrogen-bond acceptors (Lipinski definition) is 2. The quantitative estimate of drug-likeness (QED) is 0.625. The fourth-order valence-electron chi connectivity index (χ4n) is 1.63. The van der Waals surface area contributed by atoms with E-state index in [1.807, 2.05) is 0 Å². The van der Waals surface area contributed by atoms with Crippen molar-refractivity contribution in [1.29, 1.82) is 0 Å². The maximum atomic E-state index is 5.80. The monoisotopic (exact) mass is 168 g/mol. The van der Waals surface area contributed by atoms with Crippen molar-refractivity contribution in [3.63, 3.8) is 0 Å². The van der Waals surface area contributed by atoms with E-state index in [-0.39, 0.29) is 0 Å². The number of nitrogens with two attached hydrogens (primary N) is 1. The van der Waals surface area contributed by atoms with Crippen LogP contribution in [0.4, 0.5) is 0 Å². The molecular weight excluding hydrogens is 148 g/mol. The van der Waals surface area contributed by atoms with E-state index in [1.165, 1.54) is 18.4 Å². The van der Waals surface area contributed by atoms with E-state index in [0.717, 1.165) is 13.0 Å². The highest BCUT2D eigenvalue weighted by Crippen LogP contribution is 2.16. The minimum Gasteiger partial charge on any atom is -0.328 e. The molecule has 1 rings (SSSR count). The zero-order valence-electron chi connectivity index (χ0n) is 8.14. The van der Waals surface area contributed by atoms with Gasteiger partial charge in [-0.15, -0.1) is 0 Å². The van der Waals surface area contributed by atoms with Crippen LogP contribution in [0.1, 0.15) is 33.1 Å². The maximum absolute atomic E-state index is 5.80. The lowest BCUT2D eigenvalue weighted by Gasteiger charge is -2.09. The highest BCUT2D eigenvalue weighted by molar-refractivity contribution is 4.95. The van der Waals surface area contributed by atoms with Gasteiger partial charge in [-0.05, 0) is 33.1 Å². The lowest BCUT2D eigenvalue weighted by Crippen LogP contribution is -2.28. The molecule has 0 amide bonds. The molecule has 2 unspecified atom stereocenters. The van der Waals surface area contributed by atoms with Crippen molar-refractivity contribution in [2.45, 2.75) is 45.2 Å². The van der Waals surface area contributed by atoms with Gasteiger partial charge in [0.2, 0.25) is 0 Å². The van der Waals surface area contributed by atoms with Gasteiger partial charge in [-0.25, -0.2) is 0 Å². The molecule has 0 radical (unpaired) electrons. The highest BCUT2D eigenvalue weighted by Gasteiger charge is 2.20. The van der Waals surface area contributed by atoms with Crippen LogP contribution in [0.3, 0.4) is 0 Å². The van der Waals surface area contributed by atoms with Gasteiger partial charge in [-0.2, -0.15) is 0 Å². The average Bonchev–Trinajstić information content (AvgIpc) is 2.35. The summed E-state index contributed by atoms with van der Waals surface area (Å²) in [6, 6.07) is 1.10. The molecule has 0 aliphatic heterocycles. The van der Waals surface area contributed by atoms with Crippen LogP contribution in [0, 0.1) is 0 Å². The molecule has 0 saturated heterocycles. The predicted molar refractivity (Wildman–Crippen MR) is 53.0 cm³/mol. The second kappa shape index (κ2) is 4.63. The number of hydrogen-bond donors (Lipinski definition) is 2. The largest absolute Gasteiger partial charge is 0.328 e. The second-order valence-electron chi connectivity index (χ2n) is 3.96. The molecule has 0 heterocycles. The van der Waals surface area contributed by atoms with Crippen molar-refractivity contribution in [2.75, 3.05) is 6.54 Å². The van der Waals surface area contributed by atoms with Gasteiger partial charge in [0.1, 0.15) is 0 Å². The van der Waals surface area contributed by atoms with Crippen LogP contribution in [0.15, 0.2) is 11.6 Å². The van der Waals surface area contributed by atoms with Gasteiger partial charge in [0, 0.05) is 18.6 Å². The summed E-state index contributed by atoms with van der Waals surface area (Å²) in [5.41, 5.74) is 7.18. The Labute approximate surface area is 75.2 Å². The van der Waals surface area contributed by atoms with E-state index in [2.05, 4.69) is 25.2 Å². The van der Waals surface area contributed by atoms with Crippen molar-refractivity contribution in [1.82, 2.24) is 5.32 Å². The highest BCUT2D eigenvalue weighted by atomic mass is 14.9.